The van der Waals surface area contributed by atoms with Gasteiger partial charge in [-0.25, -0.2) is 4.68 Å². The highest BCUT2D eigenvalue weighted by Gasteiger charge is 2.30. The van der Waals surface area contributed by atoms with Gasteiger partial charge in [0, 0.05) is 5.69 Å². The van der Waals surface area contributed by atoms with Crippen molar-refractivity contribution in [2.24, 2.45) is 0 Å². The Bertz CT molecular complexity index is 654. The van der Waals surface area contributed by atoms with Crippen molar-refractivity contribution in [3.63, 3.8) is 0 Å². The highest BCUT2D eigenvalue weighted by atomic mass is 19.4. The predicted octanol–water partition coefficient (Wildman–Crippen LogP) is 2.24. The molecule has 4 nitrogen and oxygen atoms in total. The molecule has 1 aromatic carbocycles. The topological polar surface area (TPSA) is 58.0 Å². The van der Waals surface area contributed by atoms with Crippen molar-refractivity contribution in [1.29, 1.82) is 0 Å². The molecule has 0 aliphatic carbocycles. The number of benzene rings is 1. The van der Waals surface area contributed by atoms with E-state index in [-0.39, 0.29) is 11.3 Å². The molecule has 0 saturated carbocycles. The highest BCUT2D eigenvalue weighted by Crippen LogP contribution is 2.29. The Morgan fingerprint density at radius 3 is 2.25 bits per heavy atom. The van der Waals surface area contributed by atoms with Crippen LogP contribution in [-0.4, -0.2) is 14.9 Å². The number of nitrogens with zero attached hydrogens (tertiary/aromatic N) is 1. The summed E-state index contributed by atoms with van der Waals surface area (Å²) < 4.78 is 38.5. The van der Waals surface area contributed by atoms with Crippen molar-refractivity contribution >= 4 is 0 Å². The summed E-state index contributed by atoms with van der Waals surface area (Å²) in [6.45, 7) is 1.40. The van der Waals surface area contributed by atoms with Crippen LogP contribution in [-0.2, 0) is 19.2 Å². The van der Waals surface area contributed by atoms with Gasteiger partial charge in [-0.2, -0.15) is 13.2 Å². The molecule has 0 fully saturated rings. The molecule has 0 aliphatic heterocycles. The Hall–Kier alpha value is -2.02. The van der Waals surface area contributed by atoms with Gasteiger partial charge in [0.25, 0.3) is 5.56 Å². The minimum Gasteiger partial charge on any atom is -0.391 e. The number of aliphatic hydroxyl groups is 1. The van der Waals surface area contributed by atoms with Gasteiger partial charge >= 0.3 is 6.18 Å². The van der Waals surface area contributed by atoms with Gasteiger partial charge in [0.05, 0.1) is 23.4 Å². The predicted molar refractivity (Wildman–Crippen MR) is 66.7 cm³/mol. The maximum atomic E-state index is 12.5. The number of halogens is 3. The van der Waals surface area contributed by atoms with Crippen LogP contribution in [0.2, 0.25) is 0 Å². The average Bonchev–Trinajstić information content (AvgIpc) is 2.74. The molecule has 1 aromatic heterocycles. The molecular weight excluding hydrogens is 273 g/mol. The second kappa shape index (κ2) is 5.16. The minimum absolute atomic E-state index is 0.229. The fourth-order valence-corrected chi connectivity index (χ4v) is 1.95. The van der Waals surface area contributed by atoms with E-state index < -0.39 is 23.9 Å². The summed E-state index contributed by atoms with van der Waals surface area (Å²) in [7, 11) is 0. The number of nitrogens with one attached hydrogen (secondary N) is 1. The van der Waals surface area contributed by atoms with Crippen molar-refractivity contribution in [1.82, 2.24) is 9.78 Å². The third kappa shape index (κ3) is 2.49. The zero-order valence-electron chi connectivity index (χ0n) is 10.7. The molecule has 0 saturated heterocycles. The summed E-state index contributed by atoms with van der Waals surface area (Å²) in [4.78, 5) is 12.0. The van der Waals surface area contributed by atoms with E-state index in [1.54, 1.807) is 0 Å². The molecule has 0 spiro atoms. The monoisotopic (exact) mass is 286 g/mol. The first-order valence-corrected chi connectivity index (χ1v) is 5.99. The quantitative estimate of drug-likeness (QED) is 0.909. The average molecular weight is 286 g/mol. The molecule has 20 heavy (non-hydrogen) atoms. The van der Waals surface area contributed by atoms with Crippen molar-refractivity contribution < 1.29 is 18.3 Å². The number of aryl methyl sites for hydroxylation is 1. The summed E-state index contributed by atoms with van der Waals surface area (Å²) in [6, 6.07) is 4.24. The molecule has 0 radical (unpaired) electrons. The van der Waals surface area contributed by atoms with Crippen LogP contribution in [0.25, 0.3) is 5.69 Å². The number of rotatable bonds is 3. The fraction of sp³-hybridized carbons (Fsp3) is 0.308. The summed E-state index contributed by atoms with van der Waals surface area (Å²) in [5.41, 5.74) is -0.148. The molecular formula is C13H13F3N2O2. The number of H-pyrrole nitrogens is 1. The van der Waals surface area contributed by atoms with Crippen molar-refractivity contribution in [3.05, 3.63) is 51.4 Å². The van der Waals surface area contributed by atoms with Gasteiger partial charge < -0.3 is 5.11 Å². The zero-order valence-corrected chi connectivity index (χ0v) is 10.7. The molecule has 1 heterocycles. The normalized spacial score (nSPS) is 11.8. The Labute approximate surface area is 112 Å². The molecule has 2 N–H and O–H groups in total. The highest BCUT2D eigenvalue weighted by molar-refractivity contribution is 5.36. The van der Waals surface area contributed by atoms with Crippen LogP contribution >= 0.6 is 0 Å². The molecule has 0 amide bonds. The second-order valence-electron chi connectivity index (χ2n) is 4.27. The van der Waals surface area contributed by atoms with Crippen molar-refractivity contribution in [2.75, 3.05) is 0 Å². The SMILES string of the molecule is CCc1[nH]n(-c2ccc(C(F)(F)F)cc2)c(=O)c1CO. The third-order valence-electron chi connectivity index (χ3n) is 3.04. The Balaban J connectivity index is 2.47. The third-order valence-corrected chi connectivity index (χ3v) is 3.04. The van der Waals surface area contributed by atoms with Gasteiger partial charge in [0.2, 0.25) is 0 Å². The first kappa shape index (κ1) is 14.4. The summed E-state index contributed by atoms with van der Waals surface area (Å²) in [5, 5.41) is 11.9. The molecule has 2 rings (SSSR count). The van der Waals surface area contributed by atoms with Crippen LogP contribution in [0.4, 0.5) is 13.2 Å². The van der Waals surface area contributed by atoms with E-state index in [4.69, 9.17) is 5.11 Å². The maximum Gasteiger partial charge on any atom is 0.416 e. The van der Waals surface area contributed by atoms with Gasteiger partial charge in [-0.3, -0.25) is 9.89 Å². The Morgan fingerprint density at radius 1 is 1.25 bits per heavy atom. The summed E-state index contributed by atoms with van der Waals surface area (Å²) in [6.07, 6.45) is -3.90. The Kier molecular flexibility index (Phi) is 3.71. The van der Waals surface area contributed by atoms with Crippen LogP contribution in [0.15, 0.2) is 29.1 Å². The lowest BCUT2D eigenvalue weighted by Crippen LogP contribution is -2.17. The lowest BCUT2D eigenvalue weighted by atomic mass is 10.2. The number of hydrogen-bond donors (Lipinski definition) is 2. The van der Waals surface area contributed by atoms with Crippen molar-refractivity contribution in [2.45, 2.75) is 26.1 Å². The molecule has 2 aromatic rings. The van der Waals surface area contributed by atoms with E-state index in [1.165, 1.54) is 12.1 Å². The second-order valence-corrected chi connectivity index (χ2v) is 4.27. The molecule has 7 heteroatoms. The van der Waals surface area contributed by atoms with E-state index in [0.717, 1.165) is 16.8 Å². The standard InChI is InChI=1S/C13H13F3N2O2/c1-2-11-10(7-19)12(20)18(17-11)9-5-3-8(4-6-9)13(14,15)16/h3-6,17,19H,2,7H2,1H3. The maximum absolute atomic E-state index is 12.5. The molecule has 0 unspecified atom stereocenters. The van der Waals surface area contributed by atoms with Gasteiger partial charge in [0.15, 0.2) is 0 Å². The number of aromatic amines is 1. The Morgan fingerprint density at radius 2 is 1.85 bits per heavy atom. The van der Waals surface area contributed by atoms with Crippen molar-refractivity contribution in [3.8, 4) is 5.69 Å². The van der Waals surface area contributed by atoms with Crippen LogP contribution in [0.5, 0.6) is 0 Å². The summed E-state index contributed by atoms with van der Waals surface area (Å²) >= 11 is 0. The van der Waals surface area contributed by atoms with Gasteiger partial charge in [0.1, 0.15) is 0 Å². The zero-order chi connectivity index (χ0) is 14.9. The van der Waals surface area contributed by atoms with E-state index >= 15 is 0 Å². The summed E-state index contributed by atoms with van der Waals surface area (Å²) in [5.74, 6) is 0. The van der Waals surface area contributed by atoms with Gasteiger partial charge in [-0.15, -0.1) is 0 Å². The van der Waals surface area contributed by atoms with Crippen LogP contribution < -0.4 is 5.56 Å². The number of aliphatic hydroxyl groups excluding tert-OH is 1. The van der Waals surface area contributed by atoms with E-state index in [9.17, 15) is 18.0 Å². The smallest absolute Gasteiger partial charge is 0.391 e. The minimum atomic E-state index is -4.41. The molecule has 0 aliphatic rings. The number of hydrogen-bond acceptors (Lipinski definition) is 2. The largest absolute Gasteiger partial charge is 0.416 e. The molecule has 108 valence electrons. The lowest BCUT2D eigenvalue weighted by molar-refractivity contribution is -0.137. The van der Waals surface area contributed by atoms with E-state index in [0.29, 0.717) is 12.1 Å². The van der Waals surface area contributed by atoms with Crippen LogP contribution in [0.3, 0.4) is 0 Å². The van der Waals surface area contributed by atoms with E-state index in [2.05, 4.69) is 5.10 Å². The lowest BCUT2D eigenvalue weighted by Gasteiger charge is -2.07. The first-order chi connectivity index (χ1) is 9.38. The van der Waals surface area contributed by atoms with E-state index in [1.807, 2.05) is 6.92 Å². The first-order valence-electron chi connectivity index (χ1n) is 5.99. The molecule has 0 atom stereocenters. The number of alkyl halides is 3. The van der Waals surface area contributed by atoms with Gasteiger partial charge in [-0.1, -0.05) is 6.92 Å². The molecule has 0 bridgehead atoms. The fourth-order valence-electron chi connectivity index (χ4n) is 1.95. The van der Waals surface area contributed by atoms with Crippen LogP contribution in [0.1, 0.15) is 23.7 Å². The van der Waals surface area contributed by atoms with Gasteiger partial charge in [-0.05, 0) is 30.7 Å². The number of aromatic nitrogens is 2. The van der Waals surface area contributed by atoms with Crippen LogP contribution in [0, 0.1) is 0 Å².